The SMILES string of the molecule is NCCCc1cn(CCc2ccccn2)nn1. The van der Waals surface area contributed by atoms with E-state index in [0.29, 0.717) is 6.54 Å². The van der Waals surface area contributed by atoms with E-state index in [-0.39, 0.29) is 0 Å². The van der Waals surface area contributed by atoms with Gasteiger partial charge in [-0.2, -0.15) is 0 Å². The highest BCUT2D eigenvalue weighted by atomic mass is 15.4. The molecule has 5 nitrogen and oxygen atoms in total. The number of nitrogens with zero attached hydrogens (tertiary/aromatic N) is 4. The molecule has 0 spiro atoms. The molecule has 0 saturated carbocycles. The minimum atomic E-state index is 0.695. The standard InChI is InChI=1S/C12H17N5/c13-7-3-5-12-10-17(16-15-12)9-6-11-4-1-2-8-14-11/h1-2,4,8,10H,3,5-7,9,13H2. The Morgan fingerprint density at radius 2 is 2.12 bits per heavy atom. The molecule has 0 amide bonds. The Bertz CT molecular complexity index is 437. The first-order valence-corrected chi connectivity index (χ1v) is 5.87. The van der Waals surface area contributed by atoms with Crippen molar-refractivity contribution in [2.24, 2.45) is 5.73 Å². The summed E-state index contributed by atoms with van der Waals surface area (Å²) < 4.78 is 1.86. The summed E-state index contributed by atoms with van der Waals surface area (Å²) >= 11 is 0. The van der Waals surface area contributed by atoms with Gasteiger partial charge < -0.3 is 5.73 Å². The molecule has 2 rings (SSSR count). The van der Waals surface area contributed by atoms with Gasteiger partial charge in [0.05, 0.1) is 5.69 Å². The molecule has 0 saturated heterocycles. The smallest absolute Gasteiger partial charge is 0.0827 e. The van der Waals surface area contributed by atoms with Crippen LogP contribution in [-0.4, -0.2) is 26.5 Å². The Labute approximate surface area is 101 Å². The van der Waals surface area contributed by atoms with Crippen LogP contribution in [-0.2, 0) is 19.4 Å². The molecule has 2 N–H and O–H groups in total. The normalized spacial score (nSPS) is 10.6. The monoisotopic (exact) mass is 231 g/mol. The van der Waals surface area contributed by atoms with E-state index in [2.05, 4.69) is 15.3 Å². The lowest BCUT2D eigenvalue weighted by Gasteiger charge is -1.99. The third-order valence-electron chi connectivity index (χ3n) is 2.55. The summed E-state index contributed by atoms with van der Waals surface area (Å²) in [5.74, 6) is 0. The van der Waals surface area contributed by atoms with Crippen LogP contribution in [0.15, 0.2) is 30.6 Å². The minimum Gasteiger partial charge on any atom is -0.330 e. The van der Waals surface area contributed by atoms with E-state index in [4.69, 9.17) is 5.73 Å². The summed E-state index contributed by atoms with van der Waals surface area (Å²) in [5, 5.41) is 8.19. The fourth-order valence-electron chi connectivity index (χ4n) is 1.62. The largest absolute Gasteiger partial charge is 0.330 e. The van der Waals surface area contributed by atoms with Gasteiger partial charge in [0, 0.05) is 31.1 Å². The van der Waals surface area contributed by atoms with Gasteiger partial charge in [-0.3, -0.25) is 9.67 Å². The molecular weight excluding hydrogens is 214 g/mol. The zero-order chi connectivity index (χ0) is 11.9. The quantitative estimate of drug-likeness (QED) is 0.798. The first-order valence-electron chi connectivity index (χ1n) is 5.87. The average molecular weight is 231 g/mol. The van der Waals surface area contributed by atoms with E-state index >= 15 is 0 Å². The molecule has 2 aromatic rings. The van der Waals surface area contributed by atoms with Gasteiger partial charge in [0.25, 0.3) is 0 Å². The Morgan fingerprint density at radius 3 is 2.88 bits per heavy atom. The summed E-state index contributed by atoms with van der Waals surface area (Å²) in [6.07, 6.45) is 6.53. The molecular formula is C12H17N5. The van der Waals surface area contributed by atoms with Crippen molar-refractivity contribution in [3.05, 3.63) is 42.0 Å². The van der Waals surface area contributed by atoms with Crippen molar-refractivity contribution in [3.63, 3.8) is 0 Å². The maximum absolute atomic E-state index is 5.45. The zero-order valence-corrected chi connectivity index (χ0v) is 9.79. The number of rotatable bonds is 6. The molecule has 17 heavy (non-hydrogen) atoms. The van der Waals surface area contributed by atoms with Gasteiger partial charge in [0.15, 0.2) is 0 Å². The fraction of sp³-hybridized carbons (Fsp3) is 0.417. The maximum atomic E-state index is 5.45. The highest BCUT2D eigenvalue weighted by molar-refractivity contribution is 5.03. The fourth-order valence-corrected chi connectivity index (χ4v) is 1.62. The molecule has 0 fully saturated rings. The van der Waals surface area contributed by atoms with Crippen LogP contribution in [0, 0.1) is 0 Å². The number of hydrogen-bond acceptors (Lipinski definition) is 4. The maximum Gasteiger partial charge on any atom is 0.0827 e. The molecule has 2 heterocycles. The van der Waals surface area contributed by atoms with Crippen molar-refractivity contribution in [1.82, 2.24) is 20.0 Å². The molecule has 0 radical (unpaired) electrons. The number of aryl methyl sites for hydroxylation is 3. The molecule has 2 aromatic heterocycles. The van der Waals surface area contributed by atoms with E-state index < -0.39 is 0 Å². The van der Waals surface area contributed by atoms with Crippen molar-refractivity contribution in [2.75, 3.05) is 6.54 Å². The number of hydrogen-bond donors (Lipinski definition) is 1. The average Bonchev–Trinajstić information content (AvgIpc) is 2.83. The van der Waals surface area contributed by atoms with Gasteiger partial charge >= 0.3 is 0 Å². The molecule has 0 aromatic carbocycles. The van der Waals surface area contributed by atoms with E-state index in [0.717, 1.165) is 37.2 Å². The number of aromatic nitrogens is 4. The van der Waals surface area contributed by atoms with E-state index in [1.165, 1.54) is 0 Å². The second kappa shape index (κ2) is 6.10. The van der Waals surface area contributed by atoms with Crippen LogP contribution in [0.25, 0.3) is 0 Å². The predicted octanol–water partition coefficient (Wildman–Crippen LogP) is 0.807. The van der Waals surface area contributed by atoms with Crippen LogP contribution < -0.4 is 5.73 Å². The van der Waals surface area contributed by atoms with E-state index in [9.17, 15) is 0 Å². The van der Waals surface area contributed by atoms with Crippen molar-refractivity contribution < 1.29 is 0 Å². The highest BCUT2D eigenvalue weighted by Gasteiger charge is 2.01. The van der Waals surface area contributed by atoms with Crippen molar-refractivity contribution in [3.8, 4) is 0 Å². The summed E-state index contributed by atoms with van der Waals surface area (Å²) in [5.41, 5.74) is 7.54. The highest BCUT2D eigenvalue weighted by Crippen LogP contribution is 2.00. The lowest BCUT2D eigenvalue weighted by Crippen LogP contribution is -2.03. The van der Waals surface area contributed by atoms with Crippen molar-refractivity contribution in [1.29, 1.82) is 0 Å². The summed E-state index contributed by atoms with van der Waals surface area (Å²) in [6.45, 7) is 1.51. The molecule has 0 unspecified atom stereocenters. The van der Waals surface area contributed by atoms with Crippen LogP contribution in [0.1, 0.15) is 17.8 Å². The topological polar surface area (TPSA) is 69.6 Å². The summed E-state index contributed by atoms with van der Waals surface area (Å²) in [7, 11) is 0. The second-order valence-electron chi connectivity index (χ2n) is 3.94. The van der Waals surface area contributed by atoms with Crippen LogP contribution in [0.2, 0.25) is 0 Å². The molecule has 90 valence electrons. The molecule has 0 aliphatic rings. The first-order chi connectivity index (χ1) is 8.38. The second-order valence-corrected chi connectivity index (χ2v) is 3.94. The minimum absolute atomic E-state index is 0.695. The Morgan fingerprint density at radius 1 is 1.18 bits per heavy atom. The van der Waals surface area contributed by atoms with Gasteiger partial charge in [0.1, 0.15) is 0 Å². The zero-order valence-electron chi connectivity index (χ0n) is 9.79. The predicted molar refractivity (Wildman–Crippen MR) is 65.3 cm³/mol. The molecule has 0 aliphatic heterocycles. The Hall–Kier alpha value is -1.75. The van der Waals surface area contributed by atoms with Gasteiger partial charge in [0.2, 0.25) is 0 Å². The lowest BCUT2D eigenvalue weighted by atomic mass is 10.2. The number of nitrogens with two attached hydrogens (primary N) is 1. The lowest BCUT2D eigenvalue weighted by molar-refractivity contribution is 0.584. The van der Waals surface area contributed by atoms with Crippen molar-refractivity contribution in [2.45, 2.75) is 25.8 Å². The van der Waals surface area contributed by atoms with E-state index in [1.54, 1.807) is 0 Å². The third kappa shape index (κ3) is 3.64. The first kappa shape index (κ1) is 11.7. The summed E-state index contributed by atoms with van der Waals surface area (Å²) in [6, 6.07) is 5.94. The van der Waals surface area contributed by atoms with Gasteiger partial charge in [-0.05, 0) is 31.5 Å². The molecule has 0 aliphatic carbocycles. The van der Waals surface area contributed by atoms with Crippen LogP contribution in [0.3, 0.4) is 0 Å². The summed E-state index contributed by atoms with van der Waals surface area (Å²) in [4.78, 5) is 4.27. The van der Waals surface area contributed by atoms with Crippen molar-refractivity contribution >= 4 is 0 Å². The molecule has 5 heteroatoms. The van der Waals surface area contributed by atoms with Gasteiger partial charge in [-0.15, -0.1) is 5.10 Å². The van der Waals surface area contributed by atoms with E-state index in [1.807, 2.05) is 35.3 Å². The van der Waals surface area contributed by atoms with Crippen LogP contribution >= 0.6 is 0 Å². The number of pyridine rings is 1. The Balaban J connectivity index is 1.85. The molecule has 0 bridgehead atoms. The van der Waals surface area contributed by atoms with Gasteiger partial charge in [-0.1, -0.05) is 11.3 Å². The third-order valence-corrected chi connectivity index (χ3v) is 2.55. The van der Waals surface area contributed by atoms with Crippen LogP contribution in [0.5, 0.6) is 0 Å². The Kier molecular flexibility index (Phi) is 4.21. The van der Waals surface area contributed by atoms with Gasteiger partial charge in [-0.25, -0.2) is 0 Å². The molecule has 0 atom stereocenters. The van der Waals surface area contributed by atoms with Crippen LogP contribution in [0.4, 0.5) is 0 Å².